The number of carbonyl (C=O) groups excluding carboxylic acids is 3. The first-order valence-electron chi connectivity index (χ1n) is 18.1. The van der Waals surface area contributed by atoms with Crippen LogP contribution in [0, 0.1) is 5.92 Å². The van der Waals surface area contributed by atoms with Gasteiger partial charge >= 0.3 is 5.97 Å². The van der Waals surface area contributed by atoms with Gasteiger partial charge in [0, 0.05) is 18.0 Å². The molecule has 0 spiro atoms. The molecular weight excluding hydrogens is 656 g/mol. The third-order valence-electron chi connectivity index (χ3n) is 10.3. The first kappa shape index (κ1) is 35.7. The predicted molar refractivity (Wildman–Crippen MR) is 196 cm³/mol. The zero-order chi connectivity index (χ0) is 36.6. The Hall–Kier alpha value is -4.67. The van der Waals surface area contributed by atoms with Gasteiger partial charge in [0.1, 0.15) is 11.6 Å². The van der Waals surface area contributed by atoms with Crippen molar-refractivity contribution in [1.82, 2.24) is 9.80 Å². The highest BCUT2D eigenvalue weighted by Gasteiger charge is 2.42. The Morgan fingerprint density at radius 3 is 2.08 bits per heavy atom. The smallest absolute Gasteiger partial charge is 0.323 e. The molecule has 0 radical (unpaired) electrons. The number of ether oxygens (including phenoxy) is 3. The molecule has 0 saturated carbocycles. The van der Waals surface area contributed by atoms with Gasteiger partial charge in [-0.3, -0.25) is 24.2 Å². The molecule has 0 unspecified atom stereocenters. The van der Waals surface area contributed by atoms with E-state index in [9.17, 15) is 19.5 Å². The molecule has 2 amide bonds. The van der Waals surface area contributed by atoms with Crippen LogP contribution in [-0.4, -0.2) is 63.5 Å². The van der Waals surface area contributed by atoms with E-state index in [0.29, 0.717) is 17.7 Å². The van der Waals surface area contributed by atoms with Crippen molar-refractivity contribution in [1.29, 1.82) is 0 Å². The van der Waals surface area contributed by atoms with E-state index in [-0.39, 0.29) is 55.1 Å². The number of hydrogen-bond donors (Lipinski definition) is 1. The average molecular weight is 703 g/mol. The highest BCUT2D eigenvalue weighted by Crippen LogP contribution is 2.43. The SMILES string of the molecule is C[C@H]1[C@@H](CN2CCC[C@H]2C(=O)OC(C)(C)C)O[C@@H](c2ccc(-c3ccccc3CN3C(=O)c4ccccc4C3=O)cc2)O[C@H]1c1ccc(CO)cc1. The molecule has 5 atom stereocenters. The van der Waals surface area contributed by atoms with Crippen molar-refractivity contribution in [3.05, 3.63) is 130 Å². The molecule has 9 heteroatoms. The van der Waals surface area contributed by atoms with Crippen molar-refractivity contribution in [3.8, 4) is 11.1 Å². The van der Waals surface area contributed by atoms with Gasteiger partial charge in [0.2, 0.25) is 0 Å². The number of likely N-dealkylation sites (tertiary alicyclic amines) is 1. The second-order valence-corrected chi connectivity index (χ2v) is 15.0. The normalized spacial score (nSPS) is 23.6. The topological polar surface area (TPSA) is 106 Å². The maximum absolute atomic E-state index is 13.2. The lowest BCUT2D eigenvalue weighted by Gasteiger charge is -2.43. The third-order valence-corrected chi connectivity index (χ3v) is 10.3. The van der Waals surface area contributed by atoms with Gasteiger partial charge < -0.3 is 19.3 Å². The van der Waals surface area contributed by atoms with Crippen molar-refractivity contribution >= 4 is 17.8 Å². The number of benzene rings is 4. The van der Waals surface area contributed by atoms with Crippen LogP contribution in [0.15, 0.2) is 97.1 Å². The second kappa shape index (κ2) is 14.8. The minimum Gasteiger partial charge on any atom is -0.459 e. The van der Waals surface area contributed by atoms with Gasteiger partial charge in [0.25, 0.3) is 11.8 Å². The summed E-state index contributed by atoms with van der Waals surface area (Å²) in [6.45, 7) is 9.27. The lowest BCUT2D eigenvalue weighted by atomic mass is 9.89. The van der Waals surface area contributed by atoms with Crippen LogP contribution in [-0.2, 0) is 32.2 Å². The first-order valence-corrected chi connectivity index (χ1v) is 18.1. The minimum absolute atomic E-state index is 0.0372. The Morgan fingerprint density at radius 2 is 1.44 bits per heavy atom. The lowest BCUT2D eigenvalue weighted by Crippen LogP contribution is -2.48. The Bertz CT molecular complexity index is 1900. The number of aliphatic hydroxyl groups is 1. The fourth-order valence-electron chi connectivity index (χ4n) is 7.55. The van der Waals surface area contributed by atoms with Crippen molar-refractivity contribution in [2.45, 2.75) is 83.8 Å². The quantitative estimate of drug-likeness (QED) is 0.144. The van der Waals surface area contributed by atoms with Gasteiger partial charge in [0.05, 0.1) is 36.5 Å². The van der Waals surface area contributed by atoms with E-state index in [2.05, 4.69) is 11.8 Å². The third kappa shape index (κ3) is 7.32. The number of rotatable bonds is 9. The monoisotopic (exact) mass is 702 g/mol. The van der Waals surface area contributed by atoms with Gasteiger partial charge in [-0.25, -0.2) is 0 Å². The molecule has 0 bridgehead atoms. The molecule has 3 aliphatic heterocycles. The number of aliphatic hydroxyl groups excluding tert-OH is 1. The zero-order valence-corrected chi connectivity index (χ0v) is 30.2. The van der Waals surface area contributed by atoms with Gasteiger partial charge in [-0.05, 0) is 80.1 Å². The van der Waals surface area contributed by atoms with Crippen LogP contribution in [0.4, 0.5) is 0 Å². The molecule has 3 heterocycles. The molecule has 3 aliphatic rings. The summed E-state index contributed by atoms with van der Waals surface area (Å²) in [6, 6.07) is 30.3. The molecule has 270 valence electrons. The highest BCUT2D eigenvalue weighted by atomic mass is 16.7. The Kier molecular flexibility index (Phi) is 10.1. The summed E-state index contributed by atoms with van der Waals surface area (Å²) >= 11 is 0. The summed E-state index contributed by atoms with van der Waals surface area (Å²) in [5.41, 5.74) is 5.69. The highest BCUT2D eigenvalue weighted by molar-refractivity contribution is 6.21. The van der Waals surface area contributed by atoms with E-state index in [4.69, 9.17) is 14.2 Å². The fourth-order valence-corrected chi connectivity index (χ4v) is 7.55. The molecule has 2 saturated heterocycles. The number of imide groups is 1. The minimum atomic E-state index is -0.672. The number of hydrogen-bond acceptors (Lipinski definition) is 8. The Balaban J connectivity index is 1.13. The lowest BCUT2D eigenvalue weighted by molar-refractivity contribution is -0.276. The number of fused-ring (bicyclic) bond motifs is 1. The second-order valence-electron chi connectivity index (χ2n) is 15.0. The fraction of sp³-hybridized carbons (Fsp3) is 0.372. The summed E-state index contributed by atoms with van der Waals surface area (Å²) in [6.07, 6.45) is 0.447. The molecule has 4 aromatic rings. The van der Waals surface area contributed by atoms with Gasteiger partial charge in [-0.15, -0.1) is 0 Å². The Labute approximate surface area is 305 Å². The van der Waals surface area contributed by atoms with E-state index < -0.39 is 11.9 Å². The molecular formula is C43H46N2O7. The number of amides is 2. The van der Waals surface area contributed by atoms with E-state index in [1.165, 1.54) is 4.90 Å². The molecule has 1 N–H and O–H groups in total. The molecule has 2 fully saturated rings. The van der Waals surface area contributed by atoms with Crippen LogP contribution in [0.25, 0.3) is 11.1 Å². The summed E-state index contributed by atoms with van der Waals surface area (Å²) in [7, 11) is 0. The maximum atomic E-state index is 13.2. The van der Waals surface area contributed by atoms with E-state index in [1.807, 2.05) is 93.6 Å². The van der Waals surface area contributed by atoms with Crippen LogP contribution in [0.1, 0.15) is 95.9 Å². The largest absolute Gasteiger partial charge is 0.459 e. The van der Waals surface area contributed by atoms with Crippen molar-refractivity contribution in [2.24, 2.45) is 5.92 Å². The number of nitrogens with zero attached hydrogens (tertiary/aromatic N) is 2. The summed E-state index contributed by atoms with van der Waals surface area (Å²) < 4.78 is 19.2. The molecule has 9 nitrogen and oxygen atoms in total. The van der Waals surface area contributed by atoms with E-state index in [0.717, 1.165) is 52.8 Å². The van der Waals surface area contributed by atoms with E-state index in [1.54, 1.807) is 24.3 Å². The number of carbonyl (C=O) groups is 3. The summed E-state index contributed by atoms with van der Waals surface area (Å²) in [5.74, 6) is -0.804. The van der Waals surface area contributed by atoms with Crippen LogP contribution in [0.3, 0.4) is 0 Å². The zero-order valence-electron chi connectivity index (χ0n) is 30.2. The van der Waals surface area contributed by atoms with Crippen molar-refractivity contribution in [3.63, 3.8) is 0 Å². The van der Waals surface area contributed by atoms with Crippen LogP contribution in [0.2, 0.25) is 0 Å². The first-order chi connectivity index (χ1) is 25.0. The molecule has 7 rings (SSSR count). The van der Waals surface area contributed by atoms with Gasteiger partial charge in [-0.2, -0.15) is 0 Å². The average Bonchev–Trinajstić information content (AvgIpc) is 3.71. The van der Waals surface area contributed by atoms with Crippen LogP contribution in [0.5, 0.6) is 0 Å². The van der Waals surface area contributed by atoms with Crippen molar-refractivity contribution in [2.75, 3.05) is 13.1 Å². The van der Waals surface area contributed by atoms with Crippen LogP contribution >= 0.6 is 0 Å². The standard InChI is InChI=1S/C43H46N2O7/c1-27-37(25-44-23-9-14-36(44)41(49)52-43(2,3)4)50-42(51-38(27)30-17-15-28(26-46)16-18-30)31-21-19-29(20-22-31)33-11-6-5-10-32(33)24-45-39(47)34-12-7-8-13-35(34)40(45)48/h5-8,10-13,15-22,27,36-38,42,46H,9,14,23-26H2,1-4H3/t27-,36-,37+,38+,42+/m0/s1. The maximum Gasteiger partial charge on any atom is 0.323 e. The summed E-state index contributed by atoms with van der Waals surface area (Å²) in [5, 5.41) is 9.65. The molecule has 52 heavy (non-hydrogen) atoms. The molecule has 0 aliphatic carbocycles. The van der Waals surface area contributed by atoms with Gasteiger partial charge in [-0.1, -0.05) is 91.9 Å². The van der Waals surface area contributed by atoms with E-state index >= 15 is 0 Å². The molecule has 0 aromatic heterocycles. The molecule has 4 aromatic carbocycles. The summed E-state index contributed by atoms with van der Waals surface area (Å²) in [4.78, 5) is 43.0. The van der Waals surface area contributed by atoms with Crippen LogP contribution < -0.4 is 0 Å². The van der Waals surface area contributed by atoms with Gasteiger partial charge in [0.15, 0.2) is 6.29 Å². The predicted octanol–water partition coefficient (Wildman–Crippen LogP) is 7.24. The van der Waals surface area contributed by atoms with Crippen molar-refractivity contribution < 1.29 is 33.7 Å². The Morgan fingerprint density at radius 1 is 0.827 bits per heavy atom. The number of esters is 1.